The Labute approximate surface area is 60.7 Å². The van der Waals surface area contributed by atoms with Gasteiger partial charge < -0.3 is 10.1 Å². The summed E-state index contributed by atoms with van der Waals surface area (Å²) in [5, 5.41) is 2.75. The van der Waals surface area contributed by atoms with Crippen LogP contribution in [0.15, 0.2) is 0 Å². The quantitative estimate of drug-likeness (QED) is 0.603. The summed E-state index contributed by atoms with van der Waals surface area (Å²) in [7, 11) is 0. The van der Waals surface area contributed by atoms with Crippen molar-refractivity contribution in [2.45, 2.75) is 25.9 Å². The van der Waals surface area contributed by atoms with Gasteiger partial charge in [0.05, 0.1) is 0 Å². The number of rotatable bonds is 2. The lowest BCUT2D eigenvalue weighted by atomic mass is 10.1. The summed E-state index contributed by atoms with van der Waals surface area (Å²) in [5.74, 6) is 0.0492. The monoisotopic (exact) mass is 143 g/mol. The molecule has 3 heteroatoms. The zero-order valence-electron chi connectivity index (χ0n) is 6.22. The van der Waals surface area contributed by atoms with Crippen molar-refractivity contribution in [3.8, 4) is 0 Å². The minimum atomic E-state index is -0.182. The fourth-order valence-corrected chi connectivity index (χ4v) is 1.10. The molecule has 1 unspecified atom stereocenters. The molecule has 1 rings (SSSR count). The number of hydrogen-bond acceptors (Lipinski definition) is 2. The standard InChI is InChI=1S/C7H13NO2/c1-2-10-6-4-3-5-8-7(6)9/h6H,2-5H2,1H3,(H,8,9). The predicted molar refractivity (Wildman–Crippen MR) is 37.7 cm³/mol. The summed E-state index contributed by atoms with van der Waals surface area (Å²) in [6.45, 7) is 3.34. The van der Waals surface area contributed by atoms with E-state index in [0.29, 0.717) is 6.61 Å². The van der Waals surface area contributed by atoms with Gasteiger partial charge in [-0.1, -0.05) is 0 Å². The average Bonchev–Trinajstić information content (AvgIpc) is 1.94. The SMILES string of the molecule is CCOC1CCCNC1=O. The van der Waals surface area contributed by atoms with Crippen LogP contribution in [0.1, 0.15) is 19.8 Å². The fraction of sp³-hybridized carbons (Fsp3) is 0.857. The highest BCUT2D eigenvalue weighted by molar-refractivity contribution is 5.81. The molecule has 0 bridgehead atoms. The van der Waals surface area contributed by atoms with Gasteiger partial charge in [0, 0.05) is 13.2 Å². The van der Waals surface area contributed by atoms with Gasteiger partial charge in [-0.2, -0.15) is 0 Å². The molecule has 58 valence electrons. The van der Waals surface area contributed by atoms with Crippen molar-refractivity contribution in [2.75, 3.05) is 13.2 Å². The Hall–Kier alpha value is -0.570. The van der Waals surface area contributed by atoms with Gasteiger partial charge in [0.1, 0.15) is 6.10 Å². The normalized spacial score (nSPS) is 26.1. The molecule has 0 aromatic carbocycles. The molecule has 0 saturated carbocycles. The third-order valence-corrected chi connectivity index (χ3v) is 1.60. The van der Waals surface area contributed by atoms with Crippen LogP contribution in [-0.4, -0.2) is 25.2 Å². The molecule has 1 N–H and O–H groups in total. The van der Waals surface area contributed by atoms with Gasteiger partial charge in [-0.25, -0.2) is 0 Å². The lowest BCUT2D eigenvalue weighted by Gasteiger charge is -2.21. The van der Waals surface area contributed by atoms with E-state index in [-0.39, 0.29) is 12.0 Å². The van der Waals surface area contributed by atoms with Crippen molar-refractivity contribution in [3.05, 3.63) is 0 Å². The molecule has 1 aliphatic rings. The summed E-state index contributed by atoms with van der Waals surface area (Å²) >= 11 is 0. The molecule has 1 aliphatic heterocycles. The van der Waals surface area contributed by atoms with E-state index < -0.39 is 0 Å². The van der Waals surface area contributed by atoms with Crippen LogP contribution < -0.4 is 5.32 Å². The van der Waals surface area contributed by atoms with Crippen molar-refractivity contribution in [3.63, 3.8) is 0 Å². The predicted octanol–water partition coefficient (Wildman–Crippen LogP) is 0.301. The Morgan fingerprint density at radius 2 is 2.60 bits per heavy atom. The Morgan fingerprint density at radius 3 is 3.20 bits per heavy atom. The van der Waals surface area contributed by atoms with Crippen molar-refractivity contribution in [2.24, 2.45) is 0 Å². The van der Waals surface area contributed by atoms with Crippen LogP contribution in [0.5, 0.6) is 0 Å². The maximum atomic E-state index is 10.9. The van der Waals surface area contributed by atoms with Crippen molar-refractivity contribution in [1.82, 2.24) is 5.32 Å². The summed E-state index contributed by atoms with van der Waals surface area (Å²) < 4.78 is 5.18. The molecular weight excluding hydrogens is 130 g/mol. The molecule has 10 heavy (non-hydrogen) atoms. The largest absolute Gasteiger partial charge is 0.369 e. The number of piperidine rings is 1. The first-order valence-corrected chi connectivity index (χ1v) is 3.74. The van der Waals surface area contributed by atoms with Crippen LogP contribution in [0.4, 0.5) is 0 Å². The van der Waals surface area contributed by atoms with Crippen molar-refractivity contribution < 1.29 is 9.53 Å². The van der Waals surface area contributed by atoms with Crippen molar-refractivity contribution in [1.29, 1.82) is 0 Å². The lowest BCUT2D eigenvalue weighted by Crippen LogP contribution is -2.41. The minimum absolute atomic E-state index is 0.0492. The van der Waals surface area contributed by atoms with E-state index in [4.69, 9.17) is 4.74 Å². The molecule has 0 radical (unpaired) electrons. The molecule has 1 heterocycles. The summed E-state index contributed by atoms with van der Waals surface area (Å²) in [6, 6.07) is 0. The minimum Gasteiger partial charge on any atom is -0.369 e. The van der Waals surface area contributed by atoms with Crippen LogP contribution in [0.25, 0.3) is 0 Å². The first-order valence-electron chi connectivity index (χ1n) is 3.74. The van der Waals surface area contributed by atoms with E-state index in [0.717, 1.165) is 19.4 Å². The zero-order chi connectivity index (χ0) is 7.40. The molecule has 1 atom stereocenters. The second-order valence-electron chi connectivity index (χ2n) is 2.38. The van der Waals surface area contributed by atoms with E-state index in [2.05, 4.69) is 5.32 Å². The van der Waals surface area contributed by atoms with Gasteiger partial charge in [0.25, 0.3) is 0 Å². The Morgan fingerprint density at radius 1 is 1.80 bits per heavy atom. The Kier molecular flexibility index (Phi) is 2.68. The van der Waals surface area contributed by atoms with Crippen LogP contribution in [0, 0.1) is 0 Å². The highest BCUT2D eigenvalue weighted by Crippen LogP contribution is 2.06. The molecule has 0 aromatic rings. The van der Waals surface area contributed by atoms with Crippen LogP contribution in [0.2, 0.25) is 0 Å². The number of nitrogens with one attached hydrogen (secondary N) is 1. The molecule has 3 nitrogen and oxygen atoms in total. The molecule has 0 spiro atoms. The second-order valence-corrected chi connectivity index (χ2v) is 2.38. The Bertz CT molecular complexity index is 123. The maximum Gasteiger partial charge on any atom is 0.249 e. The summed E-state index contributed by atoms with van der Waals surface area (Å²) in [5.41, 5.74) is 0. The van der Waals surface area contributed by atoms with E-state index in [1.54, 1.807) is 0 Å². The molecule has 1 fully saturated rings. The summed E-state index contributed by atoms with van der Waals surface area (Å²) in [6.07, 6.45) is 1.73. The van der Waals surface area contributed by atoms with Gasteiger partial charge in [-0.05, 0) is 19.8 Å². The van der Waals surface area contributed by atoms with Gasteiger partial charge in [0.2, 0.25) is 5.91 Å². The second kappa shape index (κ2) is 3.56. The average molecular weight is 143 g/mol. The van der Waals surface area contributed by atoms with Gasteiger partial charge in [-0.15, -0.1) is 0 Å². The van der Waals surface area contributed by atoms with E-state index >= 15 is 0 Å². The molecular formula is C7H13NO2. The number of carbonyl (C=O) groups is 1. The van der Waals surface area contributed by atoms with Crippen LogP contribution >= 0.6 is 0 Å². The number of amides is 1. The van der Waals surface area contributed by atoms with E-state index in [9.17, 15) is 4.79 Å². The fourth-order valence-electron chi connectivity index (χ4n) is 1.10. The molecule has 0 aromatic heterocycles. The van der Waals surface area contributed by atoms with E-state index in [1.807, 2.05) is 6.92 Å². The molecule has 1 saturated heterocycles. The molecule has 1 amide bonds. The highest BCUT2D eigenvalue weighted by atomic mass is 16.5. The Balaban J connectivity index is 2.32. The third kappa shape index (κ3) is 1.70. The van der Waals surface area contributed by atoms with Crippen LogP contribution in [0.3, 0.4) is 0 Å². The van der Waals surface area contributed by atoms with Crippen LogP contribution in [-0.2, 0) is 9.53 Å². The topological polar surface area (TPSA) is 38.3 Å². The van der Waals surface area contributed by atoms with Gasteiger partial charge in [-0.3, -0.25) is 4.79 Å². The zero-order valence-corrected chi connectivity index (χ0v) is 6.22. The molecule has 0 aliphatic carbocycles. The smallest absolute Gasteiger partial charge is 0.249 e. The first kappa shape index (κ1) is 7.54. The number of carbonyl (C=O) groups excluding carboxylic acids is 1. The highest BCUT2D eigenvalue weighted by Gasteiger charge is 2.21. The van der Waals surface area contributed by atoms with E-state index in [1.165, 1.54) is 0 Å². The lowest BCUT2D eigenvalue weighted by molar-refractivity contribution is -0.134. The first-order chi connectivity index (χ1) is 4.84. The summed E-state index contributed by atoms with van der Waals surface area (Å²) in [4.78, 5) is 10.9. The van der Waals surface area contributed by atoms with Gasteiger partial charge in [0.15, 0.2) is 0 Å². The van der Waals surface area contributed by atoms with Crippen molar-refractivity contribution >= 4 is 5.91 Å². The number of ether oxygens (including phenoxy) is 1. The third-order valence-electron chi connectivity index (χ3n) is 1.60. The number of hydrogen-bond donors (Lipinski definition) is 1. The van der Waals surface area contributed by atoms with Gasteiger partial charge >= 0.3 is 0 Å². The maximum absolute atomic E-state index is 10.9.